The molecule has 1 saturated carbocycles. The van der Waals surface area contributed by atoms with Gasteiger partial charge in [-0.2, -0.15) is 0 Å². The Labute approximate surface area is 108 Å². The van der Waals surface area contributed by atoms with Crippen molar-refractivity contribution in [3.05, 3.63) is 10.6 Å². The fraction of sp³-hybridized carbons (Fsp3) is 0.727. The van der Waals surface area contributed by atoms with Gasteiger partial charge < -0.3 is 10.2 Å². The van der Waals surface area contributed by atoms with Crippen LogP contribution in [0.3, 0.4) is 0 Å². The van der Waals surface area contributed by atoms with E-state index >= 15 is 0 Å². The third-order valence-electron chi connectivity index (χ3n) is 2.68. The predicted molar refractivity (Wildman–Crippen MR) is 72.9 cm³/mol. The van der Waals surface area contributed by atoms with Crippen LogP contribution in [0.5, 0.6) is 0 Å². The van der Waals surface area contributed by atoms with Crippen LogP contribution in [0.1, 0.15) is 23.4 Å². The average Bonchev–Trinajstić information content (AvgIpc) is 2.91. The van der Waals surface area contributed by atoms with E-state index in [0.29, 0.717) is 0 Å². The molecule has 5 heteroatoms. The summed E-state index contributed by atoms with van der Waals surface area (Å²) in [5, 5.41) is 4.62. The first kappa shape index (κ1) is 13.7. The van der Waals surface area contributed by atoms with Gasteiger partial charge in [-0.3, -0.25) is 0 Å². The van der Waals surface area contributed by atoms with E-state index < -0.39 is 0 Å². The summed E-state index contributed by atoms with van der Waals surface area (Å²) < 4.78 is 0. The maximum Gasteiger partial charge on any atom is 0.185 e. The lowest BCUT2D eigenvalue weighted by Gasteiger charge is -2.05. The van der Waals surface area contributed by atoms with Gasteiger partial charge in [-0.1, -0.05) is 0 Å². The first-order valence-electron chi connectivity index (χ1n) is 5.51. The second-order valence-electron chi connectivity index (χ2n) is 4.47. The second kappa shape index (κ2) is 5.84. The largest absolute Gasteiger partial charge is 0.354 e. The molecule has 1 aromatic heterocycles. The van der Waals surface area contributed by atoms with E-state index in [1.807, 2.05) is 14.1 Å². The molecular weight excluding hydrogens is 242 g/mol. The van der Waals surface area contributed by atoms with Crippen LogP contribution in [0.15, 0.2) is 0 Å². The van der Waals surface area contributed by atoms with Crippen molar-refractivity contribution in [3.63, 3.8) is 0 Å². The molecule has 2 rings (SSSR count). The molecule has 1 aliphatic carbocycles. The van der Waals surface area contributed by atoms with E-state index in [1.54, 1.807) is 11.3 Å². The van der Waals surface area contributed by atoms with Crippen molar-refractivity contribution in [3.8, 4) is 0 Å². The van der Waals surface area contributed by atoms with Gasteiger partial charge in [-0.25, -0.2) is 4.98 Å². The molecule has 1 aromatic rings. The number of anilines is 1. The van der Waals surface area contributed by atoms with Gasteiger partial charge in [0.05, 0.1) is 5.69 Å². The molecule has 1 heterocycles. The number of hydrogen-bond donors (Lipinski definition) is 1. The third kappa shape index (κ3) is 3.61. The van der Waals surface area contributed by atoms with Crippen LogP contribution in [-0.4, -0.2) is 25.6 Å². The van der Waals surface area contributed by atoms with Gasteiger partial charge >= 0.3 is 0 Å². The summed E-state index contributed by atoms with van der Waals surface area (Å²) in [5.74, 6) is 0.951. The quantitative estimate of drug-likeness (QED) is 0.883. The highest BCUT2D eigenvalue weighted by Crippen LogP contribution is 2.28. The maximum atomic E-state index is 4.53. The van der Waals surface area contributed by atoms with Gasteiger partial charge in [0.1, 0.15) is 0 Å². The van der Waals surface area contributed by atoms with Gasteiger partial charge in [-0.15, -0.1) is 23.7 Å². The third-order valence-corrected chi connectivity index (χ3v) is 4.00. The van der Waals surface area contributed by atoms with Crippen molar-refractivity contribution in [2.45, 2.75) is 26.3 Å². The molecule has 0 saturated heterocycles. The first-order valence-corrected chi connectivity index (χ1v) is 6.33. The zero-order valence-electron chi connectivity index (χ0n) is 10.1. The average molecular weight is 262 g/mol. The minimum absolute atomic E-state index is 0. The summed E-state index contributed by atoms with van der Waals surface area (Å²) in [6.07, 6.45) is 2.83. The van der Waals surface area contributed by atoms with Crippen LogP contribution in [0.4, 0.5) is 5.13 Å². The summed E-state index contributed by atoms with van der Waals surface area (Å²) in [6.45, 7) is 4.25. The summed E-state index contributed by atoms with van der Waals surface area (Å²) in [7, 11) is 4.08. The predicted octanol–water partition coefficient (Wildman–Crippen LogP) is 2.44. The highest BCUT2D eigenvalue weighted by Gasteiger charge is 2.20. The highest BCUT2D eigenvalue weighted by atomic mass is 35.5. The van der Waals surface area contributed by atoms with Gasteiger partial charge in [-0.05, 0) is 32.2 Å². The van der Waals surface area contributed by atoms with E-state index in [0.717, 1.165) is 17.6 Å². The standard InChI is InChI=1S/C11H19N3S.ClH/c1-8-10(7-12-6-9-4-5-9)15-11(13-8)14(2)3;/h9,12H,4-7H2,1-3H3;1H. The lowest BCUT2D eigenvalue weighted by atomic mass is 10.3. The number of hydrogen-bond acceptors (Lipinski definition) is 4. The first-order chi connectivity index (χ1) is 7.16. The summed E-state index contributed by atoms with van der Waals surface area (Å²) in [5.41, 5.74) is 1.17. The normalized spacial score (nSPS) is 14.7. The Kier molecular flexibility index (Phi) is 5.02. The van der Waals surface area contributed by atoms with Crippen LogP contribution in [0.25, 0.3) is 0 Å². The van der Waals surface area contributed by atoms with Crippen molar-refractivity contribution >= 4 is 28.9 Å². The number of aromatic nitrogens is 1. The van der Waals surface area contributed by atoms with E-state index in [1.165, 1.54) is 30.0 Å². The number of aryl methyl sites for hydroxylation is 1. The van der Waals surface area contributed by atoms with Gasteiger partial charge in [0.25, 0.3) is 0 Å². The molecule has 0 radical (unpaired) electrons. The Morgan fingerprint density at radius 1 is 1.44 bits per heavy atom. The van der Waals surface area contributed by atoms with Gasteiger partial charge in [0.2, 0.25) is 0 Å². The monoisotopic (exact) mass is 261 g/mol. The molecule has 0 bridgehead atoms. The smallest absolute Gasteiger partial charge is 0.185 e. The Morgan fingerprint density at radius 3 is 2.62 bits per heavy atom. The zero-order valence-corrected chi connectivity index (χ0v) is 11.7. The van der Waals surface area contributed by atoms with Crippen LogP contribution in [0.2, 0.25) is 0 Å². The molecule has 0 aliphatic heterocycles. The van der Waals surface area contributed by atoms with Crippen molar-refractivity contribution < 1.29 is 0 Å². The maximum absolute atomic E-state index is 4.53. The van der Waals surface area contributed by atoms with Crippen LogP contribution >= 0.6 is 23.7 Å². The molecule has 0 aromatic carbocycles. The minimum Gasteiger partial charge on any atom is -0.354 e. The molecule has 16 heavy (non-hydrogen) atoms. The second-order valence-corrected chi connectivity index (χ2v) is 5.54. The van der Waals surface area contributed by atoms with Gasteiger partial charge in [0.15, 0.2) is 5.13 Å². The topological polar surface area (TPSA) is 28.2 Å². The summed E-state index contributed by atoms with van der Waals surface area (Å²) >= 11 is 1.79. The van der Waals surface area contributed by atoms with Crippen molar-refractivity contribution in [1.82, 2.24) is 10.3 Å². The molecular formula is C11H20ClN3S. The zero-order chi connectivity index (χ0) is 10.8. The van der Waals surface area contributed by atoms with Crippen molar-refractivity contribution in [2.24, 2.45) is 5.92 Å². The molecule has 1 aliphatic rings. The number of halogens is 1. The van der Waals surface area contributed by atoms with E-state index in [9.17, 15) is 0 Å². The highest BCUT2D eigenvalue weighted by molar-refractivity contribution is 7.15. The number of nitrogens with one attached hydrogen (secondary N) is 1. The fourth-order valence-corrected chi connectivity index (χ4v) is 2.43. The van der Waals surface area contributed by atoms with Crippen molar-refractivity contribution in [2.75, 3.05) is 25.5 Å². The number of nitrogens with zero attached hydrogens (tertiary/aromatic N) is 2. The van der Waals surface area contributed by atoms with Crippen LogP contribution in [-0.2, 0) is 6.54 Å². The van der Waals surface area contributed by atoms with E-state index in [2.05, 4.69) is 22.1 Å². The lowest BCUT2D eigenvalue weighted by Crippen LogP contribution is -2.15. The summed E-state index contributed by atoms with van der Waals surface area (Å²) in [4.78, 5) is 7.97. The Balaban J connectivity index is 0.00000128. The minimum atomic E-state index is 0. The van der Waals surface area contributed by atoms with E-state index in [4.69, 9.17) is 0 Å². The molecule has 1 N–H and O–H groups in total. The number of rotatable bonds is 5. The Morgan fingerprint density at radius 2 is 2.12 bits per heavy atom. The molecule has 0 spiro atoms. The van der Waals surface area contributed by atoms with Crippen molar-refractivity contribution in [1.29, 1.82) is 0 Å². The SMILES string of the molecule is Cc1nc(N(C)C)sc1CNCC1CC1.Cl. The van der Waals surface area contributed by atoms with E-state index in [-0.39, 0.29) is 12.4 Å². The molecule has 92 valence electrons. The molecule has 0 amide bonds. The summed E-state index contributed by atoms with van der Waals surface area (Å²) in [6, 6.07) is 0. The molecule has 1 fully saturated rings. The van der Waals surface area contributed by atoms with Crippen LogP contribution in [0, 0.1) is 12.8 Å². The molecule has 3 nitrogen and oxygen atoms in total. The molecule has 0 unspecified atom stereocenters. The van der Waals surface area contributed by atoms with Crippen LogP contribution < -0.4 is 10.2 Å². The molecule has 0 atom stereocenters. The Bertz CT molecular complexity index is 334. The fourth-order valence-electron chi connectivity index (χ4n) is 1.48. The lowest BCUT2D eigenvalue weighted by molar-refractivity contribution is 0.641. The number of thiazole rings is 1. The Hall–Kier alpha value is -0.320. The van der Waals surface area contributed by atoms with Gasteiger partial charge in [0, 0.05) is 25.5 Å².